The van der Waals surface area contributed by atoms with Crippen LogP contribution < -0.4 is 20.1 Å². The van der Waals surface area contributed by atoms with Crippen LogP contribution in [0.15, 0.2) is 42.6 Å². The number of pyridine rings is 1. The van der Waals surface area contributed by atoms with Crippen LogP contribution in [-0.4, -0.2) is 47.0 Å². The number of aromatic nitrogens is 1. The molecule has 1 aliphatic heterocycles. The molecule has 1 aromatic heterocycles. The fourth-order valence-electron chi connectivity index (χ4n) is 4.29. The van der Waals surface area contributed by atoms with Crippen LogP contribution in [0.4, 0.5) is 5.82 Å². The number of fused-ring (bicyclic) bond motifs is 1. The van der Waals surface area contributed by atoms with Gasteiger partial charge in [0.2, 0.25) is 24.5 Å². The van der Waals surface area contributed by atoms with Crippen molar-refractivity contribution in [3.8, 4) is 11.5 Å². The summed E-state index contributed by atoms with van der Waals surface area (Å²) in [6.45, 7) is 0.616. The van der Waals surface area contributed by atoms with E-state index in [0.29, 0.717) is 30.3 Å². The standard InChI is InChI=1S/C25H30N4O5/c30-23(9-5-10-24(31)28-22-8-3-4-13-26-22)27-15-25(32)29(19-6-1-2-7-19)16-18-11-12-20-21(14-18)34-17-33-20/h3-4,8,11-14,19H,1-2,5-7,9-10,15-17H2,(H,27,30)(H,26,28,31). The first-order valence-corrected chi connectivity index (χ1v) is 11.7. The summed E-state index contributed by atoms with van der Waals surface area (Å²) in [6, 6.07) is 11.1. The van der Waals surface area contributed by atoms with Crippen LogP contribution in [0.3, 0.4) is 0 Å². The van der Waals surface area contributed by atoms with Crippen LogP contribution in [0, 0.1) is 0 Å². The number of anilines is 1. The van der Waals surface area contributed by atoms with E-state index in [2.05, 4.69) is 15.6 Å². The highest BCUT2D eigenvalue weighted by Gasteiger charge is 2.27. The molecule has 9 nitrogen and oxygen atoms in total. The van der Waals surface area contributed by atoms with Gasteiger partial charge in [0, 0.05) is 31.6 Å². The van der Waals surface area contributed by atoms with Crippen LogP contribution in [0.1, 0.15) is 50.5 Å². The van der Waals surface area contributed by atoms with Gasteiger partial charge in [0.15, 0.2) is 11.5 Å². The van der Waals surface area contributed by atoms with Crippen molar-refractivity contribution in [1.29, 1.82) is 0 Å². The Kier molecular flexibility index (Phi) is 7.95. The van der Waals surface area contributed by atoms with Gasteiger partial charge in [-0.25, -0.2) is 4.98 Å². The summed E-state index contributed by atoms with van der Waals surface area (Å²) in [5, 5.41) is 5.41. The quantitative estimate of drug-likeness (QED) is 0.557. The van der Waals surface area contributed by atoms with Gasteiger partial charge in [-0.1, -0.05) is 25.0 Å². The molecule has 34 heavy (non-hydrogen) atoms. The van der Waals surface area contributed by atoms with Gasteiger partial charge >= 0.3 is 0 Å². The largest absolute Gasteiger partial charge is 0.454 e. The highest BCUT2D eigenvalue weighted by atomic mass is 16.7. The maximum atomic E-state index is 13.0. The zero-order valence-electron chi connectivity index (χ0n) is 19.1. The van der Waals surface area contributed by atoms with E-state index in [1.807, 2.05) is 23.1 Å². The van der Waals surface area contributed by atoms with Crippen LogP contribution in [0.25, 0.3) is 0 Å². The van der Waals surface area contributed by atoms with Crippen molar-refractivity contribution in [2.75, 3.05) is 18.7 Å². The smallest absolute Gasteiger partial charge is 0.242 e. The fraction of sp³-hybridized carbons (Fsp3) is 0.440. The van der Waals surface area contributed by atoms with Gasteiger partial charge in [-0.15, -0.1) is 0 Å². The molecule has 1 aliphatic carbocycles. The van der Waals surface area contributed by atoms with Gasteiger partial charge in [-0.3, -0.25) is 14.4 Å². The number of nitrogens with zero attached hydrogens (tertiary/aromatic N) is 2. The maximum absolute atomic E-state index is 13.0. The van der Waals surface area contributed by atoms with Gasteiger partial charge in [-0.05, 0) is 49.1 Å². The summed E-state index contributed by atoms with van der Waals surface area (Å²) in [4.78, 5) is 43.2. The Balaban J connectivity index is 1.23. The van der Waals surface area contributed by atoms with E-state index in [-0.39, 0.29) is 49.9 Å². The third-order valence-corrected chi connectivity index (χ3v) is 6.05. The third-order valence-electron chi connectivity index (χ3n) is 6.05. The molecule has 1 aromatic carbocycles. The predicted molar refractivity (Wildman–Crippen MR) is 125 cm³/mol. The lowest BCUT2D eigenvalue weighted by molar-refractivity contribution is -0.135. The first-order valence-electron chi connectivity index (χ1n) is 11.7. The van der Waals surface area contributed by atoms with Gasteiger partial charge in [0.25, 0.3) is 0 Å². The normalized spacial score (nSPS) is 14.6. The summed E-state index contributed by atoms with van der Waals surface area (Å²) < 4.78 is 10.8. The lowest BCUT2D eigenvalue weighted by Crippen LogP contribution is -2.44. The Morgan fingerprint density at radius 1 is 1.00 bits per heavy atom. The van der Waals surface area contributed by atoms with Gasteiger partial charge < -0.3 is 25.0 Å². The number of benzene rings is 1. The zero-order chi connectivity index (χ0) is 23.8. The van der Waals surface area contributed by atoms with Gasteiger partial charge in [0.05, 0.1) is 6.54 Å². The summed E-state index contributed by atoms with van der Waals surface area (Å²) >= 11 is 0. The molecule has 180 valence electrons. The van der Waals surface area contributed by atoms with E-state index in [1.54, 1.807) is 24.4 Å². The molecular formula is C25H30N4O5. The van der Waals surface area contributed by atoms with E-state index in [4.69, 9.17) is 9.47 Å². The average molecular weight is 467 g/mol. The number of rotatable bonds is 10. The predicted octanol–water partition coefficient (Wildman–Crippen LogP) is 3.01. The number of nitrogens with one attached hydrogen (secondary N) is 2. The van der Waals surface area contributed by atoms with E-state index >= 15 is 0 Å². The Labute approximate surface area is 198 Å². The molecule has 1 saturated carbocycles. The Morgan fingerprint density at radius 3 is 2.59 bits per heavy atom. The lowest BCUT2D eigenvalue weighted by Gasteiger charge is -2.29. The van der Waals surface area contributed by atoms with Crippen molar-refractivity contribution < 1.29 is 23.9 Å². The molecule has 9 heteroatoms. The SMILES string of the molecule is O=C(CCCC(=O)Nc1ccccn1)NCC(=O)N(Cc1ccc2c(c1)OCO2)C1CCCC1. The summed E-state index contributed by atoms with van der Waals surface area (Å²) in [6.07, 6.45) is 6.50. The second-order valence-electron chi connectivity index (χ2n) is 8.54. The third kappa shape index (κ3) is 6.46. The minimum absolute atomic E-state index is 0.0555. The fourth-order valence-corrected chi connectivity index (χ4v) is 4.29. The van der Waals surface area contributed by atoms with E-state index < -0.39 is 0 Å². The summed E-state index contributed by atoms with van der Waals surface area (Å²) in [5.74, 6) is 1.34. The first-order chi connectivity index (χ1) is 16.6. The van der Waals surface area contributed by atoms with E-state index in [1.165, 1.54) is 0 Å². The Hall–Kier alpha value is -3.62. The lowest BCUT2D eigenvalue weighted by atomic mass is 10.1. The number of ether oxygens (including phenoxy) is 2. The molecule has 4 rings (SSSR count). The molecule has 0 bridgehead atoms. The zero-order valence-corrected chi connectivity index (χ0v) is 19.1. The number of hydrogen-bond acceptors (Lipinski definition) is 6. The van der Waals surface area contributed by atoms with Gasteiger partial charge in [-0.2, -0.15) is 0 Å². The molecule has 0 unspecified atom stereocenters. The topological polar surface area (TPSA) is 110 Å². The maximum Gasteiger partial charge on any atom is 0.242 e. The number of hydrogen-bond donors (Lipinski definition) is 2. The highest BCUT2D eigenvalue weighted by molar-refractivity contribution is 5.90. The second-order valence-corrected chi connectivity index (χ2v) is 8.54. The van der Waals surface area contributed by atoms with Crippen molar-refractivity contribution in [2.24, 2.45) is 0 Å². The minimum Gasteiger partial charge on any atom is -0.454 e. The van der Waals surface area contributed by atoms with Crippen LogP contribution in [0.5, 0.6) is 11.5 Å². The molecule has 3 amide bonds. The van der Waals surface area contributed by atoms with Crippen molar-refractivity contribution >= 4 is 23.5 Å². The number of carbonyl (C=O) groups excluding carboxylic acids is 3. The van der Waals surface area contributed by atoms with Crippen LogP contribution >= 0.6 is 0 Å². The van der Waals surface area contributed by atoms with Crippen LogP contribution in [-0.2, 0) is 20.9 Å². The summed E-state index contributed by atoms with van der Waals surface area (Å²) in [5.41, 5.74) is 0.967. The van der Waals surface area contributed by atoms with Gasteiger partial charge in [0.1, 0.15) is 5.82 Å². The molecule has 2 N–H and O–H groups in total. The molecule has 2 aliphatic rings. The average Bonchev–Trinajstić information content (AvgIpc) is 3.53. The minimum atomic E-state index is -0.242. The second kappa shape index (κ2) is 11.5. The number of carbonyl (C=O) groups is 3. The van der Waals surface area contributed by atoms with Crippen LogP contribution in [0.2, 0.25) is 0 Å². The van der Waals surface area contributed by atoms with Crippen molar-refractivity contribution in [3.63, 3.8) is 0 Å². The van der Waals surface area contributed by atoms with E-state index in [9.17, 15) is 14.4 Å². The molecule has 0 radical (unpaired) electrons. The molecule has 1 fully saturated rings. The molecule has 2 aromatic rings. The monoisotopic (exact) mass is 466 g/mol. The van der Waals surface area contributed by atoms with E-state index in [0.717, 1.165) is 31.2 Å². The first kappa shape index (κ1) is 23.5. The van der Waals surface area contributed by atoms with Crippen molar-refractivity contribution in [3.05, 3.63) is 48.2 Å². The van der Waals surface area contributed by atoms with Crippen molar-refractivity contribution in [1.82, 2.24) is 15.2 Å². The molecule has 0 saturated heterocycles. The highest BCUT2D eigenvalue weighted by Crippen LogP contribution is 2.33. The van der Waals surface area contributed by atoms with Crippen molar-refractivity contribution in [2.45, 2.75) is 57.5 Å². The molecule has 0 spiro atoms. The number of amides is 3. The Bertz CT molecular complexity index is 1010. The molecule has 0 atom stereocenters. The summed E-state index contributed by atoms with van der Waals surface area (Å²) in [7, 11) is 0. The Morgan fingerprint density at radius 2 is 1.79 bits per heavy atom. The molecule has 2 heterocycles. The molecular weight excluding hydrogens is 436 g/mol.